The maximum absolute atomic E-state index is 9.44. The summed E-state index contributed by atoms with van der Waals surface area (Å²) in [5.41, 5.74) is 1.36. The third-order valence-electron chi connectivity index (χ3n) is 3.56. The van der Waals surface area contributed by atoms with E-state index in [0.29, 0.717) is 11.8 Å². The van der Waals surface area contributed by atoms with Crippen LogP contribution in [-0.2, 0) is 0 Å². The Balaban J connectivity index is 1.98. The number of hydrogen-bond donors (Lipinski definition) is 2. The van der Waals surface area contributed by atoms with Crippen LogP contribution in [0.25, 0.3) is 10.8 Å². The van der Waals surface area contributed by atoms with Gasteiger partial charge in [0.2, 0.25) is 0 Å². The predicted octanol–water partition coefficient (Wildman–Crippen LogP) is 3.36. The van der Waals surface area contributed by atoms with Gasteiger partial charge in [0.1, 0.15) is 5.75 Å². The maximum atomic E-state index is 9.44. The van der Waals surface area contributed by atoms with Crippen molar-refractivity contribution < 1.29 is 5.11 Å². The molecule has 17 heavy (non-hydrogen) atoms. The molecule has 0 unspecified atom stereocenters. The minimum absolute atomic E-state index is 0.334. The Bertz CT molecular complexity index is 529. The third-order valence-corrected chi connectivity index (χ3v) is 3.56. The van der Waals surface area contributed by atoms with Crippen LogP contribution in [0.4, 0.5) is 0 Å². The van der Waals surface area contributed by atoms with Crippen molar-refractivity contribution in [2.45, 2.75) is 25.3 Å². The summed E-state index contributed by atoms with van der Waals surface area (Å²) >= 11 is 0. The van der Waals surface area contributed by atoms with Crippen LogP contribution in [0.3, 0.4) is 0 Å². The van der Waals surface area contributed by atoms with Gasteiger partial charge in [0, 0.05) is 6.04 Å². The van der Waals surface area contributed by atoms with Gasteiger partial charge in [-0.2, -0.15) is 0 Å². The van der Waals surface area contributed by atoms with Crippen molar-refractivity contribution in [1.82, 2.24) is 5.32 Å². The number of phenolic OH excluding ortho intramolecular Hbond substituents is 1. The van der Waals surface area contributed by atoms with Gasteiger partial charge in [-0.3, -0.25) is 0 Å². The molecule has 1 fully saturated rings. The first-order valence-electron chi connectivity index (χ1n) is 6.29. The first-order chi connectivity index (χ1) is 8.33. The average Bonchev–Trinajstić information content (AvgIpc) is 2.39. The number of piperidine rings is 1. The van der Waals surface area contributed by atoms with E-state index >= 15 is 0 Å². The Morgan fingerprint density at radius 3 is 2.65 bits per heavy atom. The largest absolute Gasteiger partial charge is 0.508 e. The highest BCUT2D eigenvalue weighted by molar-refractivity contribution is 5.84. The highest BCUT2D eigenvalue weighted by Gasteiger charge is 2.14. The van der Waals surface area contributed by atoms with Crippen molar-refractivity contribution in [1.29, 1.82) is 0 Å². The van der Waals surface area contributed by atoms with E-state index in [-0.39, 0.29) is 0 Å². The van der Waals surface area contributed by atoms with E-state index in [0.717, 1.165) is 11.9 Å². The molecule has 2 heteroatoms. The smallest absolute Gasteiger partial charge is 0.116 e. The van der Waals surface area contributed by atoms with Crippen LogP contribution in [0, 0.1) is 0 Å². The SMILES string of the molecule is Oc1ccc2cc([C@@H]3CCCCN3)ccc2c1. The maximum Gasteiger partial charge on any atom is 0.116 e. The Morgan fingerprint density at radius 1 is 1.00 bits per heavy atom. The summed E-state index contributed by atoms with van der Waals surface area (Å²) in [5.74, 6) is 0.334. The van der Waals surface area contributed by atoms with Crippen molar-refractivity contribution in [3.8, 4) is 5.75 Å². The molecule has 1 heterocycles. The normalized spacial score (nSPS) is 20.6. The molecule has 88 valence electrons. The Morgan fingerprint density at radius 2 is 1.82 bits per heavy atom. The van der Waals surface area contributed by atoms with Crippen molar-refractivity contribution in [2.75, 3.05) is 6.54 Å². The molecule has 1 saturated heterocycles. The Kier molecular flexibility index (Phi) is 2.73. The lowest BCUT2D eigenvalue weighted by Crippen LogP contribution is -2.26. The highest BCUT2D eigenvalue weighted by atomic mass is 16.3. The molecular weight excluding hydrogens is 210 g/mol. The zero-order valence-corrected chi connectivity index (χ0v) is 9.82. The molecule has 1 aliphatic rings. The highest BCUT2D eigenvalue weighted by Crippen LogP contribution is 2.27. The summed E-state index contributed by atoms with van der Waals surface area (Å²) in [6, 6.07) is 12.6. The van der Waals surface area contributed by atoms with Crippen LogP contribution in [0.2, 0.25) is 0 Å². The Labute approximate surface area is 101 Å². The molecule has 0 aliphatic carbocycles. The molecule has 2 aromatic rings. The lowest BCUT2D eigenvalue weighted by atomic mass is 9.95. The standard InChI is InChI=1S/C15H17NO/c17-14-7-6-11-9-13(5-4-12(11)10-14)15-3-1-2-8-16-15/h4-7,9-10,15-17H,1-3,8H2/t15-/m0/s1. The number of nitrogens with one attached hydrogen (secondary N) is 1. The van der Waals surface area contributed by atoms with E-state index in [4.69, 9.17) is 0 Å². The van der Waals surface area contributed by atoms with Gasteiger partial charge < -0.3 is 10.4 Å². The number of rotatable bonds is 1. The van der Waals surface area contributed by atoms with Crippen LogP contribution in [-0.4, -0.2) is 11.7 Å². The minimum atomic E-state index is 0.334. The molecule has 0 spiro atoms. The molecule has 2 aromatic carbocycles. The van der Waals surface area contributed by atoms with Gasteiger partial charge in [-0.1, -0.05) is 24.6 Å². The Hall–Kier alpha value is -1.54. The van der Waals surface area contributed by atoms with Gasteiger partial charge >= 0.3 is 0 Å². The first kappa shape index (κ1) is 10.6. The number of fused-ring (bicyclic) bond motifs is 1. The van der Waals surface area contributed by atoms with Gasteiger partial charge in [-0.25, -0.2) is 0 Å². The van der Waals surface area contributed by atoms with Gasteiger partial charge in [0.25, 0.3) is 0 Å². The summed E-state index contributed by atoms with van der Waals surface area (Å²) in [6.07, 6.45) is 3.83. The molecule has 2 nitrogen and oxygen atoms in total. The van der Waals surface area contributed by atoms with Crippen LogP contribution in [0.1, 0.15) is 30.9 Å². The van der Waals surface area contributed by atoms with Gasteiger partial charge in [0.05, 0.1) is 0 Å². The van der Waals surface area contributed by atoms with Crippen molar-refractivity contribution in [3.05, 3.63) is 42.0 Å². The zero-order valence-electron chi connectivity index (χ0n) is 9.82. The van der Waals surface area contributed by atoms with Crippen LogP contribution in [0.5, 0.6) is 5.75 Å². The monoisotopic (exact) mass is 227 g/mol. The summed E-state index contributed by atoms with van der Waals surface area (Å²) in [7, 11) is 0. The summed E-state index contributed by atoms with van der Waals surface area (Å²) < 4.78 is 0. The van der Waals surface area contributed by atoms with E-state index in [1.807, 2.05) is 12.1 Å². The minimum Gasteiger partial charge on any atom is -0.508 e. The first-order valence-corrected chi connectivity index (χ1v) is 6.29. The third kappa shape index (κ3) is 2.13. The fraction of sp³-hybridized carbons (Fsp3) is 0.333. The van der Waals surface area contributed by atoms with E-state index in [1.54, 1.807) is 6.07 Å². The lowest BCUT2D eigenvalue weighted by molar-refractivity contribution is 0.412. The molecule has 0 radical (unpaired) electrons. The second kappa shape index (κ2) is 4.38. The van der Waals surface area contributed by atoms with E-state index in [2.05, 4.69) is 23.5 Å². The number of benzene rings is 2. The van der Waals surface area contributed by atoms with Crippen LogP contribution >= 0.6 is 0 Å². The molecule has 0 aromatic heterocycles. The fourth-order valence-electron chi connectivity index (χ4n) is 2.60. The summed E-state index contributed by atoms with van der Waals surface area (Å²) in [6.45, 7) is 1.12. The summed E-state index contributed by atoms with van der Waals surface area (Å²) in [4.78, 5) is 0. The fourth-order valence-corrected chi connectivity index (χ4v) is 2.60. The quantitative estimate of drug-likeness (QED) is 0.783. The zero-order chi connectivity index (χ0) is 11.7. The number of phenols is 1. The molecule has 1 aliphatic heterocycles. The van der Waals surface area contributed by atoms with Gasteiger partial charge in [0.15, 0.2) is 0 Å². The van der Waals surface area contributed by atoms with Crippen LogP contribution in [0.15, 0.2) is 36.4 Å². The summed E-state index contributed by atoms with van der Waals surface area (Å²) in [5, 5.41) is 15.3. The van der Waals surface area contributed by atoms with E-state index in [1.165, 1.54) is 30.2 Å². The van der Waals surface area contributed by atoms with Crippen LogP contribution < -0.4 is 5.32 Å². The second-order valence-corrected chi connectivity index (χ2v) is 4.79. The van der Waals surface area contributed by atoms with Gasteiger partial charge in [-0.05, 0) is 53.9 Å². The number of hydrogen-bond acceptors (Lipinski definition) is 2. The van der Waals surface area contributed by atoms with Gasteiger partial charge in [-0.15, -0.1) is 0 Å². The second-order valence-electron chi connectivity index (χ2n) is 4.79. The van der Waals surface area contributed by atoms with E-state index < -0.39 is 0 Å². The lowest BCUT2D eigenvalue weighted by Gasteiger charge is -2.24. The molecule has 0 saturated carbocycles. The molecule has 2 N–H and O–H groups in total. The van der Waals surface area contributed by atoms with Crippen molar-refractivity contribution in [2.24, 2.45) is 0 Å². The molecule has 0 amide bonds. The molecule has 1 atom stereocenters. The molecular formula is C15H17NO. The van der Waals surface area contributed by atoms with E-state index in [9.17, 15) is 5.11 Å². The van der Waals surface area contributed by atoms with Crippen molar-refractivity contribution in [3.63, 3.8) is 0 Å². The average molecular weight is 227 g/mol. The predicted molar refractivity (Wildman–Crippen MR) is 70.2 cm³/mol. The topological polar surface area (TPSA) is 32.3 Å². The number of aromatic hydroxyl groups is 1. The molecule has 3 rings (SSSR count). The molecule has 0 bridgehead atoms. The van der Waals surface area contributed by atoms with Crippen molar-refractivity contribution >= 4 is 10.8 Å².